The van der Waals surface area contributed by atoms with Gasteiger partial charge in [-0.05, 0) is 6.07 Å². The molecule has 1 aromatic carbocycles. The van der Waals surface area contributed by atoms with E-state index in [1.807, 2.05) is 18.2 Å². The maximum absolute atomic E-state index is 13.3. The summed E-state index contributed by atoms with van der Waals surface area (Å²) in [6, 6.07) is 7.32. The SMILES string of the molecule is Fc1nccnc1-c1ccccc1Br. The lowest BCUT2D eigenvalue weighted by Gasteiger charge is -2.02. The van der Waals surface area contributed by atoms with Crippen LogP contribution in [0.5, 0.6) is 0 Å². The van der Waals surface area contributed by atoms with E-state index in [1.54, 1.807) is 6.07 Å². The van der Waals surface area contributed by atoms with Gasteiger partial charge in [0, 0.05) is 22.4 Å². The molecule has 0 atom stereocenters. The Kier molecular flexibility index (Phi) is 2.54. The summed E-state index contributed by atoms with van der Waals surface area (Å²) < 4.78 is 14.1. The smallest absolute Gasteiger partial charge is 0.239 e. The van der Waals surface area contributed by atoms with Gasteiger partial charge in [0.25, 0.3) is 0 Å². The van der Waals surface area contributed by atoms with E-state index in [0.717, 1.165) is 4.47 Å². The van der Waals surface area contributed by atoms with E-state index in [0.29, 0.717) is 5.56 Å². The Morgan fingerprint density at radius 2 is 1.79 bits per heavy atom. The second kappa shape index (κ2) is 3.84. The van der Waals surface area contributed by atoms with E-state index in [4.69, 9.17) is 0 Å². The summed E-state index contributed by atoms with van der Waals surface area (Å²) in [7, 11) is 0. The fraction of sp³-hybridized carbons (Fsp3) is 0. The van der Waals surface area contributed by atoms with Crippen LogP contribution in [0.2, 0.25) is 0 Å². The molecule has 14 heavy (non-hydrogen) atoms. The zero-order chi connectivity index (χ0) is 9.97. The number of benzene rings is 1. The molecule has 0 amide bonds. The van der Waals surface area contributed by atoms with Crippen molar-refractivity contribution in [3.8, 4) is 11.3 Å². The Morgan fingerprint density at radius 1 is 1.07 bits per heavy atom. The van der Waals surface area contributed by atoms with Crippen molar-refractivity contribution in [2.45, 2.75) is 0 Å². The van der Waals surface area contributed by atoms with Gasteiger partial charge in [-0.25, -0.2) is 9.97 Å². The van der Waals surface area contributed by atoms with Crippen LogP contribution in [0.25, 0.3) is 11.3 Å². The van der Waals surface area contributed by atoms with Crippen molar-refractivity contribution in [1.82, 2.24) is 9.97 Å². The lowest BCUT2D eigenvalue weighted by atomic mass is 10.1. The zero-order valence-corrected chi connectivity index (χ0v) is 8.70. The van der Waals surface area contributed by atoms with Crippen LogP contribution in [0.4, 0.5) is 4.39 Å². The van der Waals surface area contributed by atoms with Crippen molar-refractivity contribution in [3.05, 3.63) is 47.1 Å². The first-order chi connectivity index (χ1) is 6.79. The van der Waals surface area contributed by atoms with Crippen LogP contribution >= 0.6 is 15.9 Å². The van der Waals surface area contributed by atoms with Crippen molar-refractivity contribution < 1.29 is 4.39 Å². The first kappa shape index (κ1) is 9.27. The van der Waals surface area contributed by atoms with Gasteiger partial charge in [-0.2, -0.15) is 4.39 Å². The van der Waals surface area contributed by atoms with Crippen LogP contribution in [-0.2, 0) is 0 Å². The highest BCUT2D eigenvalue weighted by Gasteiger charge is 2.09. The standard InChI is InChI=1S/C10H6BrFN2/c11-8-4-2-1-3-7(8)9-10(12)14-6-5-13-9/h1-6H. The fourth-order valence-electron chi connectivity index (χ4n) is 1.15. The quantitative estimate of drug-likeness (QED) is 0.780. The largest absolute Gasteiger partial charge is 0.250 e. The van der Waals surface area contributed by atoms with Crippen LogP contribution in [0.15, 0.2) is 41.1 Å². The summed E-state index contributed by atoms with van der Waals surface area (Å²) in [4.78, 5) is 7.49. The van der Waals surface area contributed by atoms with Crippen molar-refractivity contribution in [2.24, 2.45) is 0 Å². The van der Waals surface area contributed by atoms with Gasteiger partial charge in [-0.1, -0.05) is 34.1 Å². The van der Waals surface area contributed by atoms with Gasteiger partial charge in [-0.3, -0.25) is 0 Å². The second-order valence-corrected chi connectivity index (χ2v) is 3.53. The summed E-state index contributed by atoms with van der Waals surface area (Å²) >= 11 is 3.33. The molecule has 0 aliphatic carbocycles. The summed E-state index contributed by atoms with van der Waals surface area (Å²) in [6.07, 6.45) is 2.80. The summed E-state index contributed by atoms with van der Waals surface area (Å²) in [6.45, 7) is 0. The Hall–Kier alpha value is -1.29. The summed E-state index contributed by atoms with van der Waals surface area (Å²) in [5.74, 6) is -0.556. The van der Waals surface area contributed by atoms with Crippen LogP contribution in [-0.4, -0.2) is 9.97 Å². The van der Waals surface area contributed by atoms with Crippen molar-refractivity contribution in [2.75, 3.05) is 0 Å². The van der Waals surface area contributed by atoms with Crippen LogP contribution in [0.1, 0.15) is 0 Å². The molecule has 1 heterocycles. The Morgan fingerprint density at radius 3 is 2.50 bits per heavy atom. The average Bonchev–Trinajstić information content (AvgIpc) is 2.20. The maximum Gasteiger partial charge on any atom is 0.239 e. The zero-order valence-electron chi connectivity index (χ0n) is 7.11. The molecule has 2 aromatic rings. The van der Waals surface area contributed by atoms with E-state index >= 15 is 0 Å². The molecule has 2 rings (SSSR count). The van der Waals surface area contributed by atoms with E-state index < -0.39 is 5.95 Å². The number of hydrogen-bond donors (Lipinski definition) is 0. The monoisotopic (exact) mass is 252 g/mol. The lowest BCUT2D eigenvalue weighted by Crippen LogP contribution is -1.92. The number of nitrogens with zero attached hydrogens (tertiary/aromatic N) is 2. The van der Waals surface area contributed by atoms with Gasteiger partial charge in [0.05, 0.1) is 0 Å². The first-order valence-corrected chi connectivity index (χ1v) is 4.80. The molecule has 1 aromatic heterocycles. The summed E-state index contributed by atoms with van der Waals surface area (Å²) in [5, 5.41) is 0. The second-order valence-electron chi connectivity index (χ2n) is 2.68. The molecular formula is C10H6BrFN2. The Bertz CT molecular complexity index is 416. The maximum atomic E-state index is 13.3. The molecule has 4 heteroatoms. The van der Waals surface area contributed by atoms with Crippen LogP contribution < -0.4 is 0 Å². The molecular weight excluding hydrogens is 247 g/mol. The van der Waals surface area contributed by atoms with E-state index in [-0.39, 0.29) is 5.69 Å². The third kappa shape index (κ3) is 1.65. The fourth-order valence-corrected chi connectivity index (χ4v) is 1.63. The number of aromatic nitrogens is 2. The number of rotatable bonds is 1. The minimum Gasteiger partial charge on any atom is -0.250 e. The van der Waals surface area contributed by atoms with Crippen molar-refractivity contribution >= 4 is 15.9 Å². The molecule has 0 aliphatic rings. The average molecular weight is 253 g/mol. The minimum absolute atomic E-state index is 0.264. The van der Waals surface area contributed by atoms with Crippen molar-refractivity contribution in [1.29, 1.82) is 0 Å². The van der Waals surface area contributed by atoms with E-state index in [2.05, 4.69) is 25.9 Å². The highest BCUT2D eigenvalue weighted by molar-refractivity contribution is 9.10. The molecule has 0 saturated carbocycles. The third-order valence-corrected chi connectivity index (χ3v) is 2.47. The summed E-state index contributed by atoms with van der Waals surface area (Å²) in [5.41, 5.74) is 0.970. The number of halogens is 2. The molecule has 2 nitrogen and oxygen atoms in total. The van der Waals surface area contributed by atoms with Gasteiger partial charge in [0.15, 0.2) is 0 Å². The highest BCUT2D eigenvalue weighted by atomic mass is 79.9. The van der Waals surface area contributed by atoms with Gasteiger partial charge < -0.3 is 0 Å². The van der Waals surface area contributed by atoms with E-state index in [1.165, 1.54) is 12.4 Å². The Balaban J connectivity index is 2.61. The van der Waals surface area contributed by atoms with Crippen LogP contribution in [0.3, 0.4) is 0 Å². The lowest BCUT2D eigenvalue weighted by molar-refractivity contribution is 0.581. The van der Waals surface area contributed by atoms with E-state index in [9.17, 15) is 4.39 Å². The highest BCUT2D eigenvalue weighted by Crippen LogP contribution is 2.26. The predicted octanol–water partition coefficient (Wildman–Crippen LogP) is 3.05. The topological polar surface area (TPSA) is 25.8 Å². The molecule has 0 fully saturated rings. The molecule has 0 N–H and O–H groups in total. The normalized spacial score (nSPS) is 10.1. The van der Waals surface area contributed by atoms with Gasteiger partial charge in [0.2, 0.25) is 5.95 Å². The molecule has 0 aliphatic heterocycles. The van der Waals surface area contributed by atoms with Crippen LogP contribution in [0, 0.1) is 5.95 Å². The van der Waals surface area contributed by atoms with Gasteiger partial charge in [-0.15, -0.1) is 0 Å². The van der Waals surface area contributed by atoms with Gasteiger partial charge >= 0.3 is 0 Å². The molecule has 0 spiro atoms. The van der Waals surface area contributed by atoms with Gasteiger partial charge in [0.1, 0.15) is 5.69 Å². The molecule has 0 unspecified atom stereocenters. The Labute approximate surface area is 89.0 Å². The first-order valence-electron chi connectivity index (χ1n) is 4.00. The van der Waals surface area contributed by atoms with Crippen molar-refractivity contribution in [3.63, 3.8) is 0 Å². The molecule has 70 valence electrons. The molecule has 0 radical (unpaired) electrons. The predicted molar refractivity (Wildman–Crippen MR) is 55.1 cm³/mol. The molecule has 0 saturated heterocycles. The minimum atomic E-state index is -0.556. The molecule has 0 bridgehead atoms. The third-order valence-electron chi connectivity index (χ3n) is 1.78. The number of hydrogen-bond acceptors (Lipinski definition) is 2.